The first-order valence-corrected chi connectivity index (χ1v) is 13.7. The zero-order valence-electron chi connectivity index (χ0n) is 20.8. The third kappa shape index (κ3) is 4.56. The van der Waals surface area contributed by atoms with Crippen molar-refractivity contribution in [3.05, 3.63) is 47.9 Å². The molecular formula is C25H24F3N9OS. The van der Waals surface area contributed by atoms with Crippen molar-refractivity contribution in [3.8, 4) is 16.5 Å². The van der Waals surface area contributed by atoms with Gasteiger partial charge < -0.3 is 14.8 Å². The average molecular weight is 556 g/mol. The van der Waals surface area contributed by atoms with Crippen LogP contribution in [0.3, 0.4) is 0 Å². The number of imidazole rings is 1. The van der Waals surface area contributed by atoms with Crippen LogP contribution in [-0.2, 0) is 0 Å². The summed E-state index contributed by atoms with van der Waals surface area (Å²) >= 11 is 1.07. The number of piperidine rings is 1. The summed E-state index contributed by atoms with van der Waals surface area (Å²) in [5.41, 5.74) is 3.05. The molecule has 4 aromatic heterocycles. The Kier molecular flexibility index (Phi) is 5.51. The molecule has 10 nitrogen and oxygen atoms in total. The molecule has 0 radical (unpaired) electrons. The first-order chi connectivity index (χ1) is 18.7. The molecule has 2 saturated carbocycles. The normalized spacial score (nSPS) is 21.2. The Hall–Kier alpha value is -3.81. The third-order valence-electron chi connectivity index (χ3n) is 7.69. The van der Waals surface area contributed by atoms with Gasteiger partial charge in [0.1, 0.15) is 23.9 Å². The number of aromatic nitrogens is 7. The molecule has 3 aliphatic rings. The summed E-state index contributed by atoms with van der Waals surface area (Å²) in [6.45, 7) is 2.98. The molecular weight excluding hydrogens is 531 g/mol. The molecule has 1 saturated heterocycles. The van der Waals surface area contributed by atoms with Gasteiger partial charge in [-0.05, 0) is 44.1 Å². The summed E-state index contributed by atoms with van der Waals surface area (Å²) in [5, 5.41) is 11.9. The Balaban J connectivity index is 1.14. The average Bonchev–Trinajstić information content (AvgIpc) is 3.57. The molecule has 3 fully saturated rings. The molecule has 5 heterocycles. The number of thiazole rings is 1. The van der Waals surface area contributed by atoms with Crippen molar-refractivity contribution in [2.75, 3.05) is 23.3 Å². The van der Waals surface area contributed by atoms with E-state index >= 15 is 0 Å². The van der Waals surface area contributed by atoms with Crippen molar-refractivity contribution in [1.82, 2.24) is 34.3 Å². The van der Waals surface area contributed by atoms with Crippen molar-refractivity contribution in [1.29, 1.82) is 0 Å². The van der Waals surface area contributed by atoms with E-state index in [2.05, 4.69) is 35.4 Å². The van der Waals surface area contributed by atoms with E-state index in [9.17, 15) is 18.0 Å². The summed E-state index contributed by atoms with van der Waals surface area (Å²) in [5.74, 6) is 1.66. The topological polar surface area (TPSA) is 107 Å². The molecule has 0 bridgehead atoms. The van der Waals surface area contributed by atoms with Crippen molar-refractivity contribution in [2.45, 2.75) is 44.3 Å². The highest BCUT2D eigenvalue weighted by Gasteiger charge is 2.45. The highest BCUT2D eigenvalue weighted by molar-refractivity contribution is 7.13. The SMILES string of the molecule is CC(n1cnnc1-c1nc(NC(=O)c2cc(-n3cnc(C4CC4)c3)c(N3CC4CC4C3)cn2)cs1)C(F)(F)F. The summed E-state index contributed by atoms with van der Waals surface area (Å²) in [6, 6.07) is -0.0716. The first kappa shape index (κ1) is 24.2. The van der Waals surface area contributed by atoms with Crippen LogP contribution in [0, 0.1) is 11.8 Å². The van der Waals surface area contributed by atoms with E-state index in [-0.39, 0.29) is 22.3 Å². The minimum absolute atomic E-state index is 0.0228. The number of hydrogen-bond donors (Lipinski definition) is 1. The minimum Gasteiger partial charge on any atom is -0.368 e. The smallest absolute Gasteiger partial charge is 0.368 e. The number of hydrogen-bond acceptors (Lipinski definition) is 8. The molecule has 39 heavy (non-hydrogen) atoms. The van der Waals surface area contributed by atoms with E-state index in [1.165, 1.54) is 6.42 Å². The summed E-state index contributed by atoms with van der Waals surface area (Å²) in [7, 11) is 0. The Morgan fingerprint density at radius 2 is 1.95 bits per heavy atom. The molecule has 2 aliphatic carbocycles. The van der Waals surface area contributed by atoms with E-state index < -0.39 is 18.1 Å². The number of fused-ring (bicyclic) bond motifs is 1. The molecule has 3 unspecified atom stereocenters. The second-order valence-corrected chi connectivity index (χ2v) is 11.3. The Morgan fingerprint density at radius 1 is 1.15 bits per heavy atom. The minimum atomic E-state index is -4.47. The van der Waals surface area contributed by atoms with E-state index in [4.69, 9.17) is 0 Å². The fraction of sp³-hybridized carbons (Fsp3) is 0.440. The lowest BCUT2D eigenvalue weighted by atomic mass is 10.2. The van der Waals surface area contributed by atoms with E-state index in [1.807, 2.05) is 10.8 Å². The molecule has 202 valence electrons. The van der Waals surface area contributed by atoms with Gasteiger partial charge in [0.05, 0.1) is 29.6 Å². The molecule has 4 aromatic rings. The number of nitrogens with one attached hydrogen (secondary N) is 1. The summed E-state index contributed by atoms with van der Waals surface area (Å²) < 4.78 is 42.6. The van der Waals surface area contributed by atoms with Gasteiger partial charge in [0.25, 0.3) is 5.91 Å². The van der Waals surface area contributed by atoms with E-state index in [0.717, 1.165) is 84.0 Å². The molecule has 1 N–H and O–H groups in total. The number of nitrogens with zero attached hydrogens (tertiary/aromatic N) is 8. The number of halogens is 3. The number of carbonyl (C=O) groups excluding carboxylic acids is 1. The number of anilines is 2. The predicted octanol–water partition coefficient (Wildman–Crippen LogP) is 4.69. The maximum Gasteiger partial charge on any atom is 0.408 e. The van der Waals surface area contributed by atoms with Gasteiger partial charge in [0.15, 0.2) is 10.8 Å². The van der Waals surface area contributed by atoms with Gasteiger partial charge >= 0.3 is 6.18 Å². The van der Waals surface area contributed by atoms with Crippen LogP contribution >= 0.6 is 11.3 Å². The third-order valence-corrected chi connectivity index (χ3v) is 8.53. The van der Waals surface area contributed by atoms with Crippen molar-refractivity contribution in [3.63, 3.8) is 0 Å². The van der Waals surface area contributed by atoms with Gasteiger partial charge in [0.2, 0.25) is 0 Å². The fourth-order valence-corrected chi connectivity index (χ4v) is 5.86. The Bertz CT molecular complexity index is 1550. The lowest BCUT2D eigenvalue weighted by Crippen LogP contribution is -2.24. The number of amides is 1. The number of pyridine rings is 1. The zero-order valence-corrected chi connectivity index (χ0v) is 21.7. The maximum atomic E-state index is 13.3. The fourth-order valence-electron chi connectivity index (χ4n) is 5.12. The highest BCUT2D eigenvalue weighted by Crippen LogP contribution is 2.47. The lowest BCUT2D eigenvalue weighted by molar-refractivity contribution is -0.162. The van der Waals surface area contributed by atoms with Crippen LogP contribution in [0.5, 0.6) is 0 Å². The Labute approximate surface area is 224 Å². The van der Waals surface area contributed by atoms with Crippen LogP contribution in [0.4, 0.5) is 24.7 Å². The monoisotopic (exact) mass is 555 g/mol. The second-order valence-electron chi connectivity index (χ2n) is 10.5. The van der Waals surface area contributed by atoms with Gasteiger partial charge in [-0.2, -0.15) is 13.2 Å². The van der Waals surface area contributed by atoms with Gasteiger partial charge in [-0.1, -0.05) is 0 Å². The van der Waals surface area contributed by atoms with Gasteiger partial charge in [-0.25, -0.2) is 15.0 Å². The standard InChI is InChI=1S/C25H24F3N9OS/c1-13(25(26,27)28)37-12-31-34-22(37)24-33-21(10-39-24)32-23(38)17-5-19(36-9-18(30-11-36)14-2-3-14)20(6-29-17)35-7-15-4-16(15)8-35/h5-6,9-16H,2-4,7-8H2,1H3,(H,32,38). The van der Waals surface area contributed by atoms with E-state index in [0.29, 0.717) is 5.92 Å². The van der Waals surface area contributed by atoms with Crippen molar-refractivity contribution >= 4 is 28.7 Å². The number of alkyl halides is 3. The van der Waals surface area contributed by atoms with Crippen LogP contribution in [-0.4, -0.2) is 59.5 Å². The van der Waals surface area contributed by atoms with Crippen LogP contribution < -0.4 is 10.2 Å². The van der Waals surface area contributed by atoms with Gasteiger partial charge in [0, 0.05) is 30.6 Å². The van der Waals surface area contributed by atoms with Crippen molar-refractivity contribution < 1.29 is 18.0 Å². The largest absolute Gasteiger partial charge is 0.408 e. The second kappa shape index (κ2) is 8.86. The molecule has 1 amide bonds. The van der Waals surface area contributed by atoms with Crippen LogP contribution in [0.2, 0.25) is 0 Å². The summed E-state index contributed by atoms with van der Waals surface area (Å²) in [4.78, 5) is 28.8. The first-order valence-electron chi connectivity index (χ1n) is 12.8. The van der Waals surface area contributed by atoms with E-state index in [1.54, 1.807) is 24.0 Å². The molecule has 3 atom stereocenters. The molecule has 0 spiro atoms. The Morgan fingerprint density at radius 3 is 2.69 bits per heavy atom. The molecule has 7 rings (SSSR count). The van der Waals surface area contributed by atoms with Crippen LogP contribution in [0.1, 0.15) is 54.3 Å². The summed E-state index contributed by atoms with van der Waals surface area (Å²) in [6.07, 6.45) is 5.67. The van der Waals surface area contributed by atoms with Gasteiger partial charge in [-0.3, -0.25) is 9.36 Å². The van der Waals surface area contributed by atoms with Crippen LogP contribution in [0.15, 0.2) is 36.5 Å². The van der Waals surface area contributed by atoms with Crippen molar-refractivity contribution in [2.24, 2.45) is 11.8 Å². The number of carbonyl (C=O) groups is 1. The molecule has 0 aromatic carbocycles. The molecule has 1 aliphatic heterocycles. The lowest BCUT2D eigenvalue weighted by Gasteiger charge is -2.23. The van der Waals surface area contributed by atoms with Crippen LogP contribution in [0.25, 0.3) is 16.5 Å². The maximum absolute atomic E-state index is 13.3. The predicted molar refractivity (Wildman–Crippen MR) is 137 cm³/mol. The number of rotatable bonds is 7. The molecule has 14 heteroatoms. The van der Waals surface area contributed by atoms with Gasteiger partial charge in [-0.15, -0.1) is 21.5 Å². The zero-order chi connectivity index (χ0) is 26.9. The quantitative estimate of drug-likeness (QED) is 0.353. The highest BCUT2D eigenvalue weighted by atomic mass is 32.1.